The van der Waals surface area contributed by atoms with E-state index in [0.29, 0.717) is 0 Å². The van der Waals surface area contributed by atoms with Crippen LogP contribution in [0.25, 0.3) is 38.9 Å². The molecule has 1 heterocycles. The second kappa shape index (κ2) is 12.7. The number of nitrogens with zero attached hydrogens (tertiary/aromatic N) is 2. The van der Waals surface area contributed by atoms with Crippen LogP contribution in [0.4, 0.5) is 0 Å². The molecule has 2 nitrogen and oxygen atoms in total. The second-order valence-corrected chi connectivity index (χ2v) is 7.52. The summed E-state index contributed by atoms with van der Waals surface area (Å²) >= 11 is 3.83. The third-order valence-electron chi connectivity index (χ3n) is 5.17. The molecule has 1 aromatic heterocycles. The Hall–Kier alpha value is -2.45. The predicted octanol–water partition coefficient (Wildman–Crippen LogP) is 7.55. The molecule has 5 aromatic rings. The first-order valence-electron chi connectivity index (χ1n) is 10.6. The van der Waals surface area contributed by atoms with E-state index in [0.717, 1.165) is 22.4 Å². The van der Waals surface area contributed by atoms with Crippen LogP contribution in [-0.2, 0) is 20.1 Å². The van der Waals surface area contributed by atoms with Gasteiger partial charge in [0, 0.05) is 25.8 Å². The summed E-state index contributed by atoms with van der Waals surface area (Å²) in [6, 6.07) is 30.7. The van der Waals surface area contributed by atoms with Crippen molar-refractivity contribution >= 4 is 21.8 Å². The molecule has 0 amide bonds. The molecule has 0 aliphatic carbocycles. The molecule has 1 radical (unpaired) electrons. The maximum atomic E-state index is 5.02. The molecule has 33 heavy (non-hydrogen) atoms. The van der Waals surface area contributed by atoms with Crippen LogP contribution in [0.1, 0.15) is 25.0 Å². The SMILES string of the molecule is C[CH-]C.Cc1cccc(C)c1-n1c(-c2[c-]ccc3ccccc23)nc2ccccc21.[CH2-][ClH+].[Ir]. The number of benzene rings is 4. The molecule has 4 heteroatoms. The van der Waals surface area contributed by atoms with E-state index in [4.69, 9.17) is 4.98 Å². The Morgan fingerprint density at radius 3 is 2.15 bits per heavy atom. The molecule has 0 saturated heterocycles. The third kappa shape index (κ3) is 5.55. The molecule has 0 bridgehead atoms. The van der Waals surface area contributed by atoms with Gasteiger partial charge in [-0.2, -0.15) is 13.8 Å². The van der Waals surface area contributed by atoms with Gasteiger partial charge >= 0.3 is 0 Å². The quantitative estimate of drug-likeness (QED) is 0.184. The summed E-state index contributed by atoms with van der Waals surface area (Å²) in [5, 5.41) is 2.37. The number of aryl methyl sites for hydroxylation is 2. The smallest absolute Gasteiger partial charge is 0.0774 e. The first-order valence-corrected chi connectivity index (χ1v) is 11.2. The summed E-state index contributed by atoms with van der Waals surface area (Å²) in [6.45, 7) is 8.32. The van der Waals surface area contributed by atoms with E-state index in [1.807, 2.05) is 32.4 Å². The Balaban J connectivity index is 0.000000597. The van der Waals surface area contributed by atoms with Gasteiger partial charge in [0.05, 0.1) is 16.9 Å². The van der Waals surface area contributed by atoms with Gasteiger partial charge in [0.1, 0.15) is 0 Å². The predicted molar refractivity (Wildman–Crippen MR) is 135 cm³/mol. The summed E-state index contributed by atoms with van der Waals surface area (Å²) in [4.78, 5) is 5.02. The van der Waals surface area contributed by atoms with Gasteiger partial charge in [-0.3, -0.25) is 4.98 Å². The molecule has 4 aromatic carbocycles. The molecular weight excluding hydrogens is 604 g/mol. The Labute approximate surface area is 216 Å². The van der Waals surface area contributed by atoms with E-state index in [1.54, 1.807) is 0 Å². The topological polar surface area (TPSA) is 17.8 Å². The van der Waals surface area contributed by atoms with Crippen LogP contribution < -0.4 is 0 Å². The summed E-state index contributed by atoms with van der Waals surface area (Å²) in [5.74, 6) is 0.936. The average molecular weight is 633 g/mol. The number of para-hydroxylation sites is 3. The van der Waals surface area contributed by atoms with Crippen molar-refractivity contribution in [1.29, 1.82) is 0 Å². The van der Waals surface area contributed by atoms with Gasteiger partial charge in [-0.15, -0.1) is 29.1 Å². The zero-order valence-electron chi connectivity index (χ0n) is 19.4. The van der Waals surface area contributed by atoms with Crippen LogP contribution in [0.5, 0.6) is 0 Å². The molecule has 0 saturated carbocycles. The number of aromatic nitrogens is 2. The minimum Gasteiger partial charge on any atom is -0.335 e. The molecule has 0 N–H and O–H groups in total. The van der Waals surface area contributed by atoms with E-state index in [9.17, 15) is 0 Å². The van der Waals surface area contributed by atoms with E-state index >= 15 is 0 Å². The van der Waals surface area contributed by atoms with Crippen LogP contribution in [0.15, 0.2) is 78.9 Å². The summed E-state index contributed by atoms with van der Waals surface area (Å²) < 4.78 is 2.29. The number of halogens is 1. The summed E-state index contributed by atoms with van der Waals surface area (Å²) in [7, 11) is 0. The van der Waals surface area contributed by atoms with Gasteiger partial charge in [-0.25, -0.2) is 0 Å². The van der Waals surface area contributed by atoms with E-state index in [-0.39, 0.29) is 20.1 Å². The van der Waals surface area contributed by atoms with Crippen LogP contribution in [0.2, 0.25) is 0 Å². The van der Waals surface area contributed by atoms with Crippen molar-refractivity contribution < 1.29 is 31.7 Å². The molecule has 0 aliphatic rings. The molecule has 0 spiro atoms. The monoisotopic (exact) mass is 633 g/mol. The van der Waals surface area contributed by atoms with Gasteiger partial charge in [0.25, 0.3) is 0 Å². The minimum atomic E-state index is 0. The molecule has 0 fully saturated rings. The van der Waals surface area contributed by atoms with E-state index in [2.05, 4.69) is 109 Å². The fraction of sp³-hybridized carbons (Fsp3) is 0.138. The average Bonchev–Trinajstić information content (AvgIpc) is 3.20. The van der Waals surface area contributed by atoms with Crippen LogP contribution in [0.3, 0.4) is 0 Å². The van der Waals surface area contributed by atoms with Gasteiger partial charge in [0.2, 0.25) is 0 Å². The minimum absolute atomic E-state index is 0. The molecule has 5 rings (SSSR count). The molecule has 173 valence electrons. The van der Waals surface area contributed by atoms with Crippen molar-refractivity contribution in [2.45, 2.75) is 27.7 Å². The largest absolute Gasteiger partial charge is 0.335 e. The normalized spacial score (nSPS) is 10.0. The van der Waals surface area contributed by atoms with Crippen molar-refractivity contribution in [3.05, 3.63) is 109 Å². The number of rotatable bonds is 2. The molecule has 0 aliphatic heterocycles. The number of hydrogen-bond donors (Lipinski definition) is 0. The van der Waals surface area contributed by atoms with Crippen molar-refractivity contribution in [2.75, 3.05) is 0 Å². The van der Waals surface area contributed by atoms with E-state index in [1.165, 1.54) is 27.6 Å². The standard InChI is InChI=1S/C25H19N2.C3H7.CH3Cl.Ir/c1-17-9-7-10-18(2)24(17)27-23-16-6-5-15-22(23)26-25(27)21-14-8-12-19-11-3-4-13-20(19)21;1-3-2;1-2;/h3-13,15-16H,1-2H3;3H,1-2H3;2H,1H2;/q2*-1;;. The number of hydrogen-bond acceptors (Lipinski definition) is 1. The van der Waals surface area contributed by atoms with Crippen LogP contribution in [-0.4, -0.2) is 9.55 Å². The number of fused-ring (bicyclic) bond motifs is 2. The van der Waals surface area contributed by atoms with Crippen LogP contribution in [0, 0.1) is 44.3 Å². The summed E-state index contributed by atoms with van der Waals surface area (Å²) in [6.07, 6.45) is 4.83. The van der Waals surface area contributed by atoms with Crippen molar-refractivity contribution in [1.82, 2.24) is 9.55 Å². The Morgan fingerprint density at radius 1 is 0.848 bits per heavy atom. The Kier molecular flexibility index (Phi) is 10.3. The molecular formula is C29H29ClIrN2-2. The Morgan fingerprint density at radius 2 is 1.45 bits per heavy atom. The maximum absolute atomic E-state index is 5.02. The third-order valence-corrected chi connectivity index (χ3v) is 5.17. The molecule has 0 atom stereocenters. The fourth-order valence-corrected chi connectivity index (χ4v) is 3.93. The maximum Gasteiger partial charge on any atom is 0.0774 e. The van der Waals surface area contributed by atoms with Gasteiger partial charge in [-0.1, -0.05) is 78.0 Å². The van der Waals surface area contributed by atoms with Gasteiger partial charge in [0.15, 0.2) is 0 Å². The van der Waals surface area contributed by atoms with E-state index < -0.39 is 0 Å². The van der Waals surface area contributed by atoms with Gasteiger partial charge in [-0.05, 0) is 37.1 Å². The summed E-state index contributed by atoms with van der Waals surface area (Å²) in [5.41, 5.74) is 6.82. The first-order chi connectivity index (χ1) is 15.7. The van der Waals surface area contributed by atoms with Crippen molar-refractivity contribution in [2.24, 2.45) is 0 Å². The molecule has 0 unspecified atom stereocenters. The zero-order chi connectivity index (χ0) is 23.1. The first kappa shape index (κ1) is 26.8. The van der Waals surface area contributed by atoms with Crippen molar-refractivity contribution in [3.63, 3.8) is 0 Å². The Bertz CT molecular complexity index is 1300. The fourth-order valence-electron chi connectivity index (χ4n) is 3.93. The number of imidazole rings is 1. The second-order valence-electron chi connectivity index (χ2n) is 7.52. The van der Waals surface area contributed by atoms with Crippen molar-refractivity contribution in [3.8, 4) is 17.1 Å². The van der Waals surface area contributed by atoms with Gasteiger partial charge < -0.3 is 11.0 Å². The zero-order valence-corrected chi connectivity index (χ0v) is 22.6. The van der Waals surface area contributed by atoms with Crippen LogP contribution >= 0.6 is 0 Å².